The Labute approximate surface area is 144 Å². The molecule has 0 aromatic heterocycles. The van der Waals surface area contributed by atoms with Crippen LogP contribution in [0, 0.1) is 0 Å². The predicted octanol–water partition coefficient (Wildman–Crippen LogP) is 4.95. The van der Waals surface area contributed by atoms with Gasteiger partial charge in [0.1, 0.15) is 0 Å². The maximum atomic E-state index is 12.4. The lowest BCUT2D eigenvalue weighted by Crippen LogP contribution is -2.41. The molecule has 1 amide bonds. The number of carbonyl (C=O) groups is 1. The number of carbonyl (C=O) groups excluding carboxylic acids is 1. The van der Waals surface area contributed by atoms with E-state index in [0.29, 0.717) is 10.6 Å². The van der Waals surface area contributed by atoms with Crippen molar-refractivity contribution in [3.63, 3.8) is 0 Å². The van der Waals surface area contributed by atoms with Crippen molar-refractivity contribution in [3.05, 3.63) is 69.2 Å². The second-order valence-corrected chi connectivity index (χ2v) is 7.22. The summed E-state index contributed by atoms with van der Waals surface area (Å²) >= 11 is 9.33. The molecule has 114 valence electrons. The second-order valence-electron chi connectivity index (χ2n) is 5.87. The van der Waals surface area contributed by atoms with Crippen LogP contribution >= 0.6 is 27.5 Å². The van der Waals surface area contributed by atoms with Crippen LogP contribution in [0.3, 0.4) is 0 Å². The normalized spacial score (nSPS) is 16.9. The molecule has 4 heteroatoms. The van der Waals surface area contributed by atoms with E-state index >= 15 is 0 Å². The molecule has 1 fully saturated rings. The molecular formula is C18H17BrClNO. The van der Waals surface area contributed by atoms with Crippen LogP contribution in [0.5, 0.6) is 0 Å². The molecule has 22 heavy (non-hydrogen) atoms. The van der Waals surface area contributed by atoms with Gasteiger partial charge in [-0.15, -0.1) is 0 Å². The van der Waals surface area contributed by atoms with Crippen LogP contribution in [0.1, 0.15) is 35.7 Å². The van der Waals surface area contributed by atoms with Crippen molar-refractivity contribution in [2.75, 3.05) is 0 Å². The van der Waals surface area contributed by atoms with Crippen LogP contribution in [0.15, 0.2) is 53.0 Å². The summed E-state index contributed by atoms with van der Waals surface area (Å²) in [5.41, 5.74) is 2.01. The predicted molar refractivity (Wildman–Crippen MR) is 93.4 cm³/mol. The molecule has 1 saturated carbocycles. The van der Waals surface area contributed by atoms with Crippen molar-refractivity contribution in [1.82, 2.24) is 5.32 Å². The Morgan fingerprint density at radius 2 is 1.73 bits per heavy atom. The summed E-state index contributed by atoms with van der Waals surface area (Å²) in [6, 6.07) is 15.5. The highest BCUT2D eigenvalue weighted by molar-refractivity contribution is 9.10. The molecule has 1 aliphatic rings. The van der Waals surface area contributed by atoms with Gasteiger partial charge < -0.3 is 5.32 Å². The lowest BCUT2D eigenvalue weighted by molar-refractivity contribution is 0.0932. The molecule has 0 bridgehead atoms. The van der Waals surface area contributed by atoms with E-state index in [2.05, 4.69) is 52.4 Å². The number of hydrogen-bond acceptors (Lipinski definition) is 1. The maximum absolute atomic E-state index is 12.4. The molecule has 0 saturated heterocycles. The van der Waals surface area contributed by atoms with Crippen LogP contribution in [0.2, 0.25) is 5.02 Å². The molecule has 0 spiro atoms. The molecule has 1 N–H and O–H groups in total. The first-order valence-corrected chi connectivity index (χ1v) is 8.51. The molecule has 0 radical (unpaired) electrons. The lowest BCUT2D eigenvalue weighted by atomic mass is 9.89. The molecule has 2 aromatic carbocycles. The quantitative estimate of drug-likeness (QED) is 0.801. The number of nitrogens with one attached hydrogen (secondary N) is 1. The number of rotatable bonds is 4. The van der Waals surface area contributed by atoms with Crippen LogP contribution in [0.4, 0.5) is 0 Å². The average molecular weight is 379 g/mol. The molecule has 1 atom stereocenters. The van der Waals surface area contributed by atoms with Gasteiger partial charge in [0.15, 0.2) is 0 Å². The Bertz CT molecular complexity index is 677. The zero-order valence-corrected chi connectivity index (χ0v) is 14.6. The van der Waals surface area contributed by atoms with E-state index in [1.165, 1.54) is 5.56 Å². The Morgan fingerprint density at radius 3 is 2.27 bits per heavy atom. The van der Waals surface area contributed by atoms with Gasteiger partial charge in [0.2, 0.25) is 0 Å². The van der Waals surface area contributed by atoms with E-state index in [0.717, 1.165) is 17.3 Å². The van der Waals surface area contributed by atoms with E-state index in [1.807, 2.05) is 0 Å². The van der Waals surface area contributed by atoms with Gasteiger partial charge in [0.05, 0.1) is 0 Å². The Balaban J connectivity index is 1.74. The van der Waals surface area contributed by atoms with Crippen LogP contribution in [-0.2, 0) is 5.41 Å². The summed E-state index contributed by atoms with van der Waals surface area (Å²) in [5, 5.41) is 3.77. The highest BCUT2D eigenvalue weighted by Crippen LogP contribution is 2.51. The molecule has 0 aliphatic heterocycles. The zero-order valence-electron chi connectivity index (χ0n) is 12.3. The van der Waals surface area contributed by atoms with Crippen LogP contribution in [-0.4, -0.2) is 11.9 Å². The van der Waals surface area contributed by atoms with Gasteiger partial charge in [0, 0.05) is 26.5 Å². The fourth-order valence-corrected chi connectivity index (χ4v) is 3.30. The maximum Gasteiger partial charge on any atom is 0.251 e. The summed E-state index contributed by atoms with van der Waals surface area (Å²) in [5.74, 6) is -0.0486. The van der Waals surface area contributed by atoms with Crippen molar-refractivity contribution < 1.29 is 4.79 Å². The third-order valence-electron chi connectivity index (χ3n) is 4.49. The minimum atomic E-state index is -0.0486. The van der Waals surface area contributed by atoms with Gasteiger partial charge in [-0.1, -0.05) is 39.7 Å². The van der Waals surface area contributed by atoms with Gasteiger partial charge in [0.25, 0.3) is 5.91 Å². The number of hydrogen-bond donors (Lipinski definition) is 1. The minimum absolute atomic E-state index is 0.0486. The first kappa shape index (κ1) is 15.6. The van der Waals surface area contributed by atoms with E-state index in [1.54, 1.807) is 24.3 Å². The summed E-state index contributed by atoms with van der Waals surface area (Å²) in [7, 11) is 0. The highest BCUT2D eigenvalue weighted by Gasteiger charge is 2.49. The third kappa shape index (κ3) is 3.06. The van der Waals surface area contributed by atoms with E-state index in [4.69, 9.17) is 11.6 Å². The van der Waals surface area contributed by atoms with Crippen molar-refractivity contribution in [2.45, 2.75) is 31.2 Å². The van der Waals surface area contributed by atoms with E-state index in [-0.39, 0.29) is 17.4 Å². The van der Waals surface area contributed by atoms with Gasteiger partial charge >= 0.3 is 0 Å². The van der Waals surface area contributed by atoms with Crippen LogP contribution < -0.4 is 5.32 Å². The SMILES string of the molecule is CC(NC(=O)c1ccc(Cl)cc1)C1(c2ccc(Br)cc2)CC1. The van der Waals surface area contributed by atoms with E-state index < -0.39 is 0 Å². The van der Waals surface area contributed by atoms with Crippen LogP contribution in [0.25, 0.3) is 0 Å². The largest absolute Gasteiger partial charge is 0.349 e. The number of amides is 1. The number of halogens is 2. The lowest BCUT2D eigenvalue weighted by Gasteiger charge is -2.25. The molecular weight excluding hydrogens is 362 g/mol. The fraction of sp³-hybridized carbons (Fsp3) is 0.278. The van der Waals surface area contributed by atoms with Crippen molar-refractivity contribution in [1.29, 1.82) is 0 Å². The molecule has 1 aliphatic carbocycles. The molecule has 1 unspecified atom stereocenters. The molecule has 3 rings (SSSR count). The first-order valence-electron chi connectivity index (χ1n) is 7.34. The standard InChI is InChI=1S/C18H17BrClNO/c1-12(21-17(22)13-2-8-16(20)9-3-13)18(10-11-18)14-4-6-15(19)7-5-14/h2-9,12H,10-11H2,1H3,(H,21,22). The summed E-state index contributed by atoms with van der Waals surface area (Å²) < 4.78 is 1.07. The molecule has 0 heterocycles. The topological polar surface area (TPSA) is 29.1 Å². The zero-order chi connectivity index (χ0) is 15.7. The summed E-state index contributed by atoms with van der Waals surface area (Å²) in [6.45, 7) is 2.09. The van der Waals surface area contributed by atoms with Crippen molar-refractivity contribution >= 4 is 33.4 Å². The van der Waals surface area contributed by atoms with E-state index in [9.17, 15) is 4.79 Å². The Kier molecular flexibility index (Phi) is 4.28. The smallest absolute Gasteiger partial charge is 0.251 e. The summed E-state index contributed by atoms with van der Waals surface area (Å²) in [4.78, 5) is 12.4. The monoisotopic (exact) mass is 377 g/mol. The molecule has 2 aromatic rings. The van der Waals surface area contributed by atoms with Gasteiger partial charge in [-0.05, 0) is 61.7 Å². The second kappa shape index (κ2) is 6.05. The van der Waals surface area contributed by atoms with Gasteiger partial charge in [-0.25, -0.2) is 0 Å². The van der Waals surface area contributed by atoms with Crippen molar-refractivity contribution in [2.24, 2.45) is 0 Å². The highest BCUT2D eigenvalue weighted by atomic mass is 79.9. The number of benzene rings is 2. The third-order valence-corrected chi connectivity index (χ3v) is 5.27. The molecule has 2 nitrogen and oxygen atoms in total. The van der Waals surface area contributed by atoms with Gasteiger partial charge in [-0.3, -0.25) is 4.79 Å². The fourth-order valence-electron chi connectivity index (χ4n) is 2.91. The Hall–Kier alpha value is -1.32. The van der Waals surface area contributed by atoms with Crippen molar-refractivity contribution in [3.8, 4) is 0 Å². The summed E-state index contributed by atoms with van der Waals surface area (Å²) in [6.07, 6.45) is 2.22. The minimum Gasteiger partial charge on any atom is -0.349 e. The first-order chi connectivity index (χ1) is 10.5. The van der Waals surface area contributed by atoms with Gasteiger partial charge in [-0.2, -0.15) is 0 Å². The Morgan fingerprint density at radius 1 is 1.14 bits per heavy atom. The average Bonchev–Trinajstić information content (AvgIpc) is 3.30.